The topological polar surface area (TPSA) is 59.0 Å². The van der Waals surface area contributed by atoms with Crippen molar-refractivity contribution in [3.63, 3.8) is 0 Å². The minimum absolute atomic E-state index is 0.00800. The van der Waals surface area contributed by atoms with Crippen LogP contribution in [-0.2, 0) is 9.47 Å². The van der Waals surface area contributed by atoms with Crippen molar-refractivity contribution in [2.24, 2.45) is 5.92 Å². The van der Waals surface area contributed by atoms with Crippen molar-refractivity contribution in [1.82, 2.24) is 4.90 Å². The molecule has 1 aromatic rings. The number of amides is 1. The fourth-order valence-corrected chi connectivity index (χ4v) is 4.43. The highest BCUT2D eigenvalue weighted by molar-refractivity contribution is 5.69. The van der Waals surface area contributed by atoms with E-state index in [1.54, 1.807) is 4.90 Å². The molecule has 1 amide bonds. The van der Waals surface area contributed by atoms with E-state index in [2.05, 4.69) is 11.8 Å². The Morgan fingerprint density at radius 2 is 2.12 bits per heavy atom. The summed E-state index contributed by atoms with van der Waals surface area (Å²) in [7, 11) is 0. The molecule has 4 rings (SSSR count). The van der Waals surface area contributed by atoms with Crippen LogP contribution in [0.5, 0.6) is 0 Å². The van der Waals surface area contributed by atoms with Crippen LogP contribution in [-0.4, -0.2) is 53.6 Å². The summed E-state index contributed by atoms with van der Waals surface area (Å²) in [5, 5.41) is 11.2. The molecule has 2 heterocycles. The van der Waals surface area contributed by atoms with Crippen LogP contribution in [0.3, 0.4) is 0 Å². The number of carbonyl (C=O) groups is 1. The van der Waals surface area contributed by atoms with Gasteiger partial charge in [0, 0.05) is 30.5 Å². The number of rotatable bonds is 1. The van der Waals surface area contributed by atoms with Crippen molar-refractivity contribution in [3.8, 4) is 11.8 Å². The number of benzene rings is 1. The second-order valence-electron chi connectivity index (χ2n) is 7.46. The van der Waals surface area contributed by atoms with Crippen molar-refractivity contribution >= 4 is 6.09 Å². The molecule has 3 aliphatic rings. The Bertz CT molecular complexity index is 704. The second-order valence-corrected chi connectivity index (χ2v) is 7.46. The lowest BCUT2D eigenvalue weighted by molar-refractivity contribution is -0.0181. The maximum Gasteiger partial charge on any atom is 0.410 e. The third kappa shape index (κ3) is 3.44. The zero-order valence-electron chi connectivity index (χ0n) is 14.9. The first-order chi connectivity index (χ1) is 12.7. The Balaban J connectivity index is 1.47. The molecular formula is C21H25NO4. The zero-order chi connectivity index (χ0) is 18.0. The summed E-state index contributed by atoms with van der Waals surface area (Å²) >= 11 is 0. The van der Waals surface area contributed by atoms with Crippen LogP contribution in [0, 0.1) is 17.8 Å². The van der Waals surface area contributed by atoms with Crippen molar-refractivity contribution < 1.29 is 19.4 Å². The van der Waals surface area contributed by atoms with Gasteiger partial charge >= 0.3 is 6.09 Å². The molecule has 0 spiro atoms. The number of likely N-dealkylation sites (tertiary alicyclic amines) is 1. The number of fused-ring (bicyclic) bond motifs is 1. The molecular weight excluding hydrogens is 330 g/mol. The smallest absolute Gasteiger partial charge is 0.410 e. The van der Waals surface area contributed by atoms with Crippen LogP contribution in [0.2, 0.25) is 0 Å². The van der Waals surface area contributed by atoms with Gasteiger partial charge in [-0.2, -0.15) is 0 Å². The largest absolute Gasteiger partial charge is 0.444 e. The first kappa shape index (κ1) is 17.4. The molecule has 4 atom stereocenters. The first-order valence-electron chi connectivity index (χ1n) is 9.51. The highest BCUT2D eigenvalue weighted by atomic mass is 16.6. The summed E-state index contributed by atoms with van der Waals surface area (Å²) in [6.07, 6.45) is 3.54. The number of aliphatic hydroxyl groups is 1. The fraction of sp³-hybridized carbons (Fsp3) is 0.571. The Morgan fingerprint density at radius 1 is 1.27 bits per heavy atom. The number of hydrogen-bond donors (Lipinski definition) is 1. The Kier molecular flexibility index (Phi) is 4.88. The van der Waals surface area contributed by atoms with Crippen LogP contribution >= 0.6 is 0 Å². The molecule has 0 bridgehead atoms. The van der Waals surface area contributed by atoms with Gasteiger partial charge in [0.25, 0.3) is 0 Å². The third-order valence-corrected chi connectivity index (χ3v) is 5.80. The van der Waals surface area contributed by atoms with Gasteiger partial charge in [0.2, 0.25) is 0 Å². The van der Waals surface area contributed by atoms with Crippen molar-refractivity contribution in [1.29, 1.82) is 0 Å². The zero-order valence-corrected chi connectivity index (χ0v) is 14.9. The van der Waals surface area contributed by atoms with Gasteiger partial charge in [-0.15, -0.1) is 0 Å². The predicted molar refractivity (Wildman–Crippen MR) is 96.4 cm³/mol. The third-order valence-electron chi connectivity index (χ3n) is 5.80. The fourth-order valence-electron chi connectivity index (χ4n) is 4.43. The molecule has 0 aromatic heterocycles. The van der Waals surface area contributed by atoms with E-state index in [4.69, 9.17) is 9.47 Å². The summed E-state index contributed by atoms with van der Waals surface area (Å²) in [5.74, 6) is 6.23. The van der Waals surface area contributed by atoms with Crippen LogP contribution in [0.1, 0.15) is 37.7 Å². The van der Waals surface area contributed by atoms with E-state index in [0.29, 0.717) is 26.2 Å². The highest BCUT2D eigenvalue weighted by Gasteiger charge is 2.50. The number of ether oxygens (including phenoxy) is 2. The minimum Gasteiger partial charge on any atom is -0.444 e. The molecule has 3 fully saturated rings. The van der Waals surface area contributed by atoms with Gasteiger partial charge in [-0.3, -0.25) is 0 Å². The molecule has 26 heavy (non-hydrogen) atoms. The molecule has 1 aromatic carbocycles. The van der Waals surface area contributed by atoms with Crippen LogP contribution < -0.4 is 0 Å². The van der Waals surface area contributed by atoms with E-state index >= 15 is 0 Å². The molecule has 2 aliphatic heterocycles. The highest BCUT2D eigenvalue weighted by Crippen LogP contribution is 2.43. The normalized spacial score (nSPS) is 33.3. The Hall–Kier alpha value is -2.03. The van der Waals surface area contributed by atoms with Crippen LogP contribution in [0.15, 0.2) is 30.3 Å². The Morgan fingerprint density at radius 3 is 2.88 bits per heavy atom. The van der Waals surface area contributed by atoms with Crippen LogP contribution in [0.25, 0.3) is 0 Å². The molecule has 138 valence electrons. The Labute approximate surface area is 154 Å². The molecule has 2 saturated heterocycles. The maximum absolute atomic E-state index is 12.6. The molecule has 1 saturated carbocycles. The number of carbonyl (C=O) groups excluding carboxylic acids is 1. The van der Waals surface area contributed by atoms with Crippen molar-refractivity contribution in [3.05, 3.63) is 35.9 Å². The van der Waals surface area contributed by atoms with Gasteiger partial charge in [-0.1, -0.05) is 30.0 Å². The average molecular weight is 355 g/mol. The van der Waals surface area contributed by atoms with Gasteiger partial charge in [0.05, 0.1) is 13.2 Å². The van der Waals surface area contributed by atoms with E-state index in [0.717, 1.165) is 31.2 Å². The van der Waals surface area contributed by atoms with E-state index < -0.39 is 5.60 Å². The monoisotopic (exact) mass is 355 g/mol. The molecule has 1 aliphatic carbocycles. The lowest BCUT2D eigenvalue weighted by Crippen LogP contribution is -2.50. The number of nitrogens with zero attached hydrogens (tertiary/aromatic N) is 1. The molecule has 5 heteroatoms. The van der Waals surface area contributed by atoms with E-state index in [1.165, 1.54) is 0 Å². The number of hydrogen-bond acceptors (Lipinski definition) is 4. The first-order valence-corrected chi connectivity index (χ1v) is 9.51. The van der Waals surface area contributed by atoms with E-state index in [-0.39, 0.29) is 24.2 Å². The van der Waals surface area contributed by atoms with Gasteiger partial charge in [0.15, 0.2) is 0 Å². The second kappa shape index (κ2) is 7.30. The minimum atomic E-state index is -1.04. The van der Waals surface area contributed by atoms with Crippen molar-refractivity contribution in [2.75, 3.05) is 19.8 Å². The summed E-state index contributed by atoms with van der Waals surface area (Å²) in [6.45, 7) is 1.76. The van der Waals surface area contributed by atoms with Crippen molar-refractivity contribution in [2.45, 2.75) is 49.9 Å². The van der Waals surface area contributed by atoms with E-state index in [1.807, 2.05) is 30.3 Å². The SMILES string of the molecule is O=C(O[C@H]1CCOC1)N1CC[C@H]2[C@@H]1CCC[C@@]2(O)C#Cc1ccccc1. The lowest BCUT2D eigenvalue weighted by Gasteiger charge is -2.40. The molecule has 0 radical (unpaired) electrons. The quantitative estimate of drug-likeness (QED) is 0.787. The molecule has 1 N–H and O–H groups in total. The summed E-state index contributed by atoms with van der Waals surface area (Å²) in [6, 6.07) is 9.73. The van der Waals surface area contributed by atoms with Gasteiger partial charge < -0.3 is 19.5 Å². The maximum atomic E-state index is 12.6. The summed E-state index contributed by atoms with van der Waals surface area (Å²) < 4.78 is 10.9. The van der Waals surface area contributed by atoms with Crippen LogP contribution in [0.4, 0.5) is 4.79 Å². The predicted octanol–water partition coefficient (Wildman–Crippen LogP) is 2.57. The average Bonchev–Trinajstić information content (AvgIpc) is 3.31. The van der Waals surface area contributed by atoms with Gasteiger partial charge in [0.1, 0.15) is 11.7 Å². The lowest BCUT2D eigenvalue weighted by atomic mass is 9.73. The summed E-state index contributed by atoms with van der Waals surface area (Å²) in [5.41, 5.74) is -0.136. The van der Waals surface area contributed by atoms with Gasteiger partial charge in [-0.25, -0.2) is 4.79 Å². The standard InChI is InChI=1S/C21H25NO4/c23-20(26-17-10-14-25-15-17)22-13-9-18-19(22)7-4-11-21(18,24)12-8-16-5-2-1-3-6-16/h1-3,5-6,17-19,24H,4,7,9-11,13-15H2/t17-,18-,19-,21+/m0/s1. The van der Waals surface area contributed by atoms with Gasteiger partial charge in [-0.05, 0) is 37.8 Å². The molecule has 5 nitrogen and oxygen atoms in total. The summed E-state index contributed by atoms with van der Waals surface area (Å²) in [4.78, 5) is 14.4. The molecule has 0 unspecified atom stereocenters. The van der Waals surface area contributed by atoms with E-state index in [9.17, 15) is 9.90 Å².